The Labute approximate surface area is 104 Å². The van der Waals surface area contributed by atoms with E-state index in [0.717, 1.165) is 13.1 Å². The number of hydrogen-bond donors (Lipinski definition) is 1. The third-order valence-electron chi connectivity index (χ3n) is 2.72. The highest BCUT2D eigenvalue weighted by Crippen LogP contribution is 2.03. The molecule has 1 heterocycles. The van der Waals surface area contributed by atoms with Gasteiger partial charge in [0, 0.05) is 32.1 Å². The molecule has 98 valence electrons. The van der Waals surface area contributed by atoms with Crippen molar-refractivity contribution in [1.29, 1.82) is 0 Å². The molecule has 0 bridgehead atoms. The zero-order valence-corrected chi connectivity index (χ0v) is 11.5. The average molecular weight is 240 g/mol. The van der Waals surface area contributed by atoms with E-state index in [1.165, 1.54) is 0 Å². The van der Waals surface area contributed by atoms with Gasteiger partial charge in [0.25, 0.3) is 0 Å². The summed E-state index contributed by atoms with van der Waals surface area (Å²) in [5.41, 5.74) is 0. The number of nitrogens with zero attached hydrogens (tertiary/aromatic N) is 3. The fourth-order valence-corrected chi connectivity index (χ4v) is 1.93. The molecular weight excluding hydrogens is 216 g/mol. The Morgan fingerprint density at radius 3 is 2.29 bits per heavy atom. The van der Waals surface area contributed by atoms with E-state index in [2.05, 4.69) is 48.1 Å². The number of hydrogen-bond acceptors (Lipinski definition) is 5. The topological polar surface area (TPSA) is 54.2 Å². The van der Waals surface area contributed by atoms with Crippen LogP contribution in [0.1, 0.15) is 39.5 Å². The third-order valence-corrected chi connectivity index (χ3v) is 2.72. The monoisotopic (exact) mass is 240 g/mol. The molecule has 1 N–H and O–H groups in total. The first kappa shape index (κ1) is 14.1. The maximum atomic E-state index is 5.29. The van der Waals surface area contributed by atoms with Crippen LogP contribution in [0, 0.1) is 6.92 Å². The van der Waals surface area contributed by atoms with E-state index in [0.29, 0.717) is 30.4 Å². The summed E-state index contributed by atoms with van der Waals surface area (Å²) in [6.45, 7) is 13.3. The maximum Gasteiger partial charge on any atom is 0.230 e. The zero-order valence-electron chi connectivity index (χ0n) is 11.5. The zero-order chi connectivity index (χ0) is 12.8. The lowest BCUT2D eigenvalue weighted by molar-refractivity contribution is 0.175. The number of aryl methyl sites for hydroxylation is 1. The molecule has 0 atom stereocenters. The van der Waals surface area contributed by atoms with Crippen molar-refractivity contribution in [3.05, 3.63) is 11.8 Å². The second-order valence-corrected chi connectivity index (χ2v) is 4.82. The lowest BCUT2D eigenvalue weighted by Gasteiger charge is -2.30. The van der Waals surface area contributed by atoms with Gasteiger partial charge in [-0.1, -0.05) is 0 Å². The van der Waals surface area contributed by atoms with Gasteiger partial charge in [-0.2, -0.15) is 0 Å². The van der Waals surface area contributed by atoms with Crippen LogP contribution in [0.15, 0.2) is 4.42 Å². The first-order chi connectivity index (χ1) is 8.00. The van der Waals surface area contributed by atoms with Crippen molar-refractivity contribution in [2.24, 2.45) is 0 Å². The Kier molecular flexibility index (Phi) is 5.58. The van der Waals surface area contributed by atoms with E-state index in [1.54, 1.807) is 6.92 Å². The summed E-state index contributed by atoms with van der Waals surface area (Å²) in [6, 6.07) is 1.14. The van der Waals surface area contributed by atoms with Gasteiger partial charge < -0.3 is 9.73 Å². The number of rotatable bonds is 7. The highest BCUT2D eigenvalue weighted by Gasteiger charge is 2.12. The molecule has 0 saturated heterocycles. The molecule has 0 amide bonds. The van der Waals surface area contributed by atoms with E-state index < -0.39 is 0 Å². The van der Waals surface area contributed by atoms with Crippen LogP contribution in [-0.4, -0.2) is 40.3 Å². The summed E-state index contributed by atoms with van der Waals surface area (Å²) >= 11 is 0. The first-order valence-electron chi connectivity index (χ1n) is 6.26. The lowest BCUT2D eigenvalue weighted by atomic mass is 10.2. The van der Waals surface area contributed by atoms with E-state index >= 15 is 0 Å². The predicted octanol–water partition coefficient (Wildman–Crippen LogP) is 1.59. The largest absolute Gasteiger partial charge is 0.424 e. The highest BCUT2D eigenvalue weighted by atomic mass is 16.4. The van der Waals surface area contributed by atoms with Crippen LogP contribution in [0.25, 0.3) is 0 Å². The molecule has 0 aliphatic rings. The van der Waals surface area contributed by atoms with Crippen LogP contribution in [-0.2, 0) is 6.54 Å². The molecule has 0 spiro atoms. The van der Waals surface area contributed by atoms with Crippen LogP contribution in [0.4, 0.5) is 0 Å². The third kappa shape index (κ3) is 4.83. The number of aromatic nitrogens is 2. The van der Waals surface area contributed by atoms with Crippen molar-refractivity contribution in [2.45, 2.75) is 53.2 Å². The molecule has 0 saturated carbocycles. The van der Waals surface area contributed by atoms with Gasteiger partial charge in [0.05, 0.1) is 6.54 Å². The minimum atomic E-state index is 0.572. The van der Waals surface area contributed by atoms with Crippen molar-refractivity contribution < 1.29 is 4.42 Å². The standard InChI is InChI=1S/C12H24N4O/c1-9(2)16(10(3)4)7-6-13-8-12-15-14-11(5)17-12/h9-10,13H,6-8H2,1-5H3. The van der Waals surface area contributed by atoms with Crippen molar-refractivity contribution in [3.63, 3.8) is 0 Å². The predicted molar refractivity (Wildman–Crippen MR) is 67.7 cm³/mol. The molecular formula is C12H24N4O. The van der Waals surface area contributed by atoms with Gasteiger partial charge >= 0.3 is 0 Å². The van der Waals surface area contributed by atoms with Gasteiger partial charge in [-0.25, -0.2) is 0 Å². The Hall–Kier alpha value is -0.940. The summed E-state index contributed by atoms with van der Waals surface area (Å²) in [5, 5.41) is 11.0. The molecule has 0 aliphatic heterocycles. The van der Waals surface area contributed by atoms with E-state index in [1.807, 2.05) is 0 Å². The minimum Gasteiger partial charge on any atom is -0.424 e. The fourth-order valence-electron chi connectivity index (χ4n) is 1.93. The molecule has 1 rings (SSSR count). The summed E-state index contributed by atoms with van der Waals surface area (Å²) in [4.78, 5) is 2.45. The average Bonchev–Trinajstić information content (AvgIpc) is 2.62. The summed E-state index contributed by atoms with van der Waals surface area (Å²) < 4.78 is 5.29. The van der Waals surface area contributed by atoms with Gasteiger partial charge in [0.2, 0.25) is 11.8 Å². The van der Waals surface area contributed by atoms with Gasteiger partial charge in [0.15, 0.2) is 0 Å². The molecule has 5 heteroatoms. The van der Waals surface area contributed by atoms with Crippen LogP contribution in [0.3, 0.4) is 0 Å². The quantitative estimate of drug-likeness (QED) is 0.733. The molecule has 0 aromatic carbocycles. The molecule has 17 heavy (non-hydrogen) atoms. The van der Waals surface area contributed by atoms with Gasteiger partial charge in [-0.05, 0) is 27.7 Å². The molecule has 1 aromatic rings. The van der Waals surface area contributed by atoms with Crippen LogP contribution >= 0.6 is 0 Å². The molecule has 5 nitrogen and oxygen atoms in total. The Morgan fingerprint density at radius 2 is 1.82 bits per heavy atom. The van der Waals surface area contributed by atoms with Crippen molar-refractivity contribution in [1.82, 2.24) is 20.4 Å². The SMILES string of the molecule is Cc1nnc(CNCCN(C(C)C)C(C)C)o1. The first-order valence-corrected chi connectivity index (χ1v) is 6.26. The van der Waals surface area contributed by atoms with Gasteiger partial charge in [-0.15, -0.1) is 10.2 Å². The van der Waals surface area contributed by atoms with Gasteiger partial charge in [0.1, 0.15) is 0 Å². The van der Waals surface area contributed by atoms with Crippen LogP contribution in [0.2, 0.25) is 0 Å². The van der Waals surface area contributed by atoms with E-state index in [-0.39, 0.29) is 0 Å². The van der Waals surface area contributed by atoms with Crippen molar-refractivity contribution >= 4 is 0 Å². The van der Waals surface area contributed by atoms with Crippen LogP contribution < -0.4 is 5.32 Å². The summed E-state index contributed by atoms with van der Waals surface area (Å²) in [5.74, 6) is 1.27. The molecule has 0 unspecified atom stereocenters. The van der Waals surface area contributed by atoms with Gasteiger partial charge in [-0.3, -0.25) is 4.90 Å². The lowest BCUT2D eigenvalue weighted by Crippen LogP contribution is -2.41. The highest BCUT2D eigenvalue weighted by molar-refractivity contribution is 4.78. The summed E-state index contributed by atoms with van der Waals surface area (Å²) in [7, 11) is 0. The van der Waals surface area contributed by atoms with Crippen molar-refractivity contribution in [2.75, 3.05) is 13.1 Å². The molecule has 0 fully saturated rings. The molecule has 0 aliphatic carbocycles. The molecule has 0 radical (unpaired) electrons. The Balaban J connectivity index is 2.23. The maximum absolute atomic E-state index is 5.29. The van der Waals surface area contributed by atoms with Crippen molar-refractivity contribution in [3.8, 4) is 0 Å². The Bertz CT molecular complexity index is 314. The smallest absolute Gasteiger partial charge is 0.230 e. The Morgan fingerprint density at radius 1 is 1.18 bits per heavy atom. The fraction of sp³-hybridized carbons (Fsp3) is 0.833. The van der Waals surface area contributed by atoms with E-state index in [9.17, 15) is 0 Å². The summed E-state index contributed by atoms with van der Waals surface area (Å²) in [6.07, 6.45) is 0. The normalized spacial score (nSPS) is 12.0. The van der Waals surface area contributed by atoms with Crippen LogP contribution in [0.5, 0.6) is 0 Å². The minimum absolute atomic E-state index is 0.572. The number of nitrogens with one attached hydrogen (secondary N) is 1. The second kappa shape index (κ2) is 6.71. The second-order valence-electron chi connectivity index (χ2n) is 4.82. The van der Waals surface area contributed by atoms with E-state index in [4.69, 9.17) is 4.42 Å². The molecule has 1 aromatic heterocycles.